The molecule has 3 rings (SSSR count). The minimum atomic E-state index is -3.33. The van der Waals surface area contributed by atoms with Crippen molar-refractivity contribution in [1.82, 2.24) is 4.90 Å². The van der Waals surface area contributed by atoms with Crippen LogP contribution < -0.4 is 4.74 Å². The van der Waals surface area contributed by atoms with Crippen LogP contribution >= 0.6 is 0 Å². The lowest BCUT2D eigenvalue weighted by Crippen LogP contribution is -2.33. The number of hydrogen-bond donors (Lipinski definition) is 0. The Kier molecular flexibility index (Phi) is 5.60. The molecule has 1 fully saturated rings. The maximum absolute atomic E-state index is 12.8. The van der Waals surface area contributed by atoms with Crippen molar-refractivity contribution in [3.8, 4) is 5.75 Å². The van der Waals surface area contributed by atoms with Crippen LogP contribution in [0.4, 0.5) is 0 Å². The second-order valence-electron chi connectivity index (χ2n) is 6.47. The lowest BCUT2D eigenvalue weighted by atomic mass is 10.1. The molecule has 0 aliphatic carbocycles. The molecule has 0 aromatic heterocycles. The van der Waals surface area contributed by atoms with Gasteiger partial charge in [-0.2, -0.15) is 0 Å². The van der Waals surface area contributed by atoms with Gasteiger partial charge in [0.2, 0.25) is 0 Å². The summed E-state index contributed by atoms with van der Waals surface area (Å²) in [5.41, 5.74) is 1.19. The second kappa shape index (κ2) is 7.92. The minimum absolute atomic E-state index is 0.0656. The van der Waals surface area contributed by atoms with Crippen molar-refractivity contribution in [2.24, 2.45) is 0 Å². The smallest absolute Gasteiger partial charge is 0.308 e. The van der Waals surface area contributed by atoms with E-state index in [4.69, 9.17) is 4.74 Å². The first-order valence-electron chi connectivity index (χ1n) is 8.71. The maximum atomic E-state index is 12.8. The van der Waals surface area contributed by atoms with Gasteiger partial charge in [-0.3, -0.25) is 9.59 Å². The van der Waals surface area contributed by atoms with E-state index < -0.39 is 21.1 Å². The van der Waals surface area contributed by atoms with Gasteiger partial charge in [-0.25, -0.2) is 8.42 Å². The first kappa shape index (κ1) is 19.1. The fraction of sp³-hybridized carbons (Fsp3) is 0.300. The average Bonchev–Trinajstić information content (AvgIpc) is 2.80. The Balaban J connectivity index is 1.75. The Labute approximate surface area is 158 Å². The topological polar surface area (TPSA) is 80.8 Å². The van der Waals surface area contributed by atoms with Crippen molar-refractivity contribution in [3.05, 3.63) is 65.7 Å². The van der Waals surface area contributed by atoms with E-state index in [9.17, 15) is 18.0 Å². The average molecular weight is 387 g/mol. The van der Waals surface area contributed by atoms with Crippen molar-refractivity contribution in [2.45, 2.75) is 18.6 Å². The van der Waals surface area contributed by atoms with E-state index >= 15 is 0 Å². The summed E-state index contributed by atoms with van der Waals surface area (Å²) in [5.74, 6) is -0.363. The number of hydrogen-bond acceptors (Lipinski definition) is 5. The molecule has 1 atom stereocenters. The predicted molar refractivity (Wildman–Crippen MR) is 101 cm³/mol. The summed E-state index contributed by atoms with van der Waals surface area (Å²) in [6.45, 7) is 1.83. The van der Waals surface area contributed by atoms with Gasteiger partial charge in [0.25, 0.3) is 5.91 Å². The van der Waals surface area contributed by atoms with E-state index in [-0.39, 0.29) is 18.2 Å². The van der Waals surface area contributed by atoms with Crippen molar-refractivity contribution in [2.75, 3.05) is 18.8 Å². The maximum Gasteiger partial charge on any atom is 0.308 e. The Bertz CT molecular complexity index is 923. The van der Waals surface area contributed by atoms with Gasteiger partial charge in [0.05, 0.1) is 11.0 Å². The molecule has 2 aromatic rings. The highest BCUT2D eigenvalue weighted by molar-refractivity contribution is 7.91. The zero-order valence-corrected chi connectivity index (χ0v) is 15.8. The fourth-order valence-electron chi connectivity index (χ4n) is 3.20. The van der Waals surface area contributed by atoms with E-state index in [1.54, 1.807) is 29.2 Å². The fourth-order valence-corrected chi connectivity index (χ4v) is 5.00. The molecule has 2 aromatic carbocycles. The standard InChI is InChI=1S/C20H21NO5S/c1-15(22)26-18-9-7-17(8-10-18)20(23)21-12-11-19(27(24,25)14-13-21)16-5-3-2-4-6-16/h2-10,19H,11-14H2,1H3. The molecule has 1 aliphatic heterocycles. The minimum Gasteiger partial charge on any atom is -0.427 e. The SMILES string of the molecule is CC(=O)Oc1ccc(C(=O)N2CCC(c3ccccc3)S(=O)(=O)CC2)cc1. The van der Waals surface area contributed by atoms with E-state index in [0.29, 0.717) is 24.3 Å². The van der Waals surface area contributed by atoms with Crippen molar-refractivity contribution in [3.63, 3.8) is 0 Å². The Morgan fingerprint density at radius 3 is 2.30 bits per heavy atom. The Morgan fingerprint density at radius 1 is 1.00 bits per heavy atom. The first-order valence-corrected chi connectivity index (χ1v) is 10.4. The summed E-state index contributed by atoms with van der Waals surface area (Å²) in [4.78, 5) is 25.3. The number of carbonyl (C=O) groups is 2. The third kappa shape index (κ3) is 4.54. The van der Waals surface area contributed by atoms with Gasteiger partial charge in [0, 0.05) is 25.6 Å². The van der Waals surface area contributed by atoms with E-state index in [1.807, 2.05) is 30.3 Å². The third-order valence-electron chi connectivity index (χ3n) is 4.56. The molecule has 0 spiro atoms. The number of ether oxygens (including phenoxy) is 1. The molecular formula is C20H21NO5S. The number of rotatable bonds is 3. The molecular weight excluding hydrogens is 366 g/mol. The first-order chi connectivity index (χ1) is 12.9. The van der Waals surface area contributed by atoms with E-state index in [2.05, 4.69) is 0 Å². The number of amides is 1. The molecule has 7 heteroatoms. The van der Waals surface area contributed by atoms with Crippen LogP contribution in [-0.4, -0.2) is 44.0 Å². The van der Waals surface area contributed by atoms with Crippen LogP contribution in [0.25, 0.3) is 0 Å². The highest BCUT2D eigenvalue weighted by atomic mass is 32.2. The number of esters is 1. The summed E-state index contributed by atoms with van der Waals surface area (Å²) in [7, 11) is -3.33. The van der Waals surface area contributed by atoms with Crippen LogP contribution in [0.15, 0.2) is 54.6 Å². The Morgan fingerprint density at radius 2 is 1.67 bits per heavy atom. The molecule has 0 bridgehead atoms. The molecule has 1 unspecified atom stereocenters. The van der Waals surface area contributed by atoms with Crippen LogP contribution in [0.1, 0.15) is 34.5 Å². The van der Waals surface area contributed by atoms with Gasteiger partial charge < -0.3 is 9.64 Å². The van der Waals surface area contributed by atoms with Gasteiger partial charge in [0.1, 0.15) is 5.75 Å². The number of carbonyl (C=O) groups excluding carboxylic acids is 2. The highest BCUT2D eigenvalue weighted by Crippen LogP contribution is 2.29. The van der Waals surface area contributed by atoms with Crippen molar-refractivity contribution < 1.29 is 22.7 Å². The normalized spacial score (nSPS) is 19.1. The van der Waals surface area contributed by atoms with Gasteiger partial charge >= 0.3 is 5.97 Å². The molecule has 27 heavy (non-hydrogen) atoms. The zero-order valence-electron chi connectivity index (χ0n) is 15.0. The monoisotopic (exact) mass is 387 g/mol. The van der Waals surface area contributed by atoms with Crippen molar-refractivity contribution >= 4 is 21.7 Å². The lowest BCUT2D eigenvalue weighted by molar-refractivity contribution is -0.131. The molecule has 1 aliphatic rings. The molecule has 0 radical (unpaired) electrons. The van der Waals surface area contributed by atoms with Crippen LogP contribution in [0.5, 0.6) is 5.75 Å². The molecule has 1 heterocycles. The quantitative estimate of drug-likeness (QED) is 0.597. The van der Waals surface area contributed by atoms with Gasteiger partial charge in [0.15, 0.2) is 9.84 Å². The molecule has 0 N–H and O–H groups in total. The van der Waals surface area contributed by atoms with Crippen LogP contribution in [0.3, 0.4) is 0 Å². The van der Waals surface area contributed by atoms with Crippen LogP contribution in [-0.2, 0) is 14.6 Å². The summed E-state index contributed by atoms with van der Waals surface area (Å²) in [5, 5.41) is -0.595. The van der Waals surface area contributed by atoms with Gasteiger partial charge in [-0.05, 0) is 36.2 Å². The predicted octanol–water partition coefficient (Wildman–Crippen LogP) is 2.61. The van der Waals surface area contributed by atoms with Gasteiger partial charge in [-0.15, -0.1) is 0 Å². The molecule has 0 saturated carbocycles. The highest BCUT2D eigenvalue weighted by Gasteiger charge is 2.32. The second-order valence-corrected chi connectivity index (χ2v) is 8.77. The largest absolute Gasteiger partial charge is 0.427 e. The van der Waals surface area contributed by atoms with Gasteiger partial charge in [-0.1, -0.05) is 30.3 Å². The summed E-state index contributed by atoms with van der Waals surface area (Å²) in [6.07, 6.45) is 0.365. The molecule has 142 valence electrons. The zero-order chi connectivity index (χ0) is 19.4. The molecule has 1 saturated heterocycles. The summed E-state index contributed by atoms with van der Waals surface area (Å²) < 4.78 is 30.3. The Hall–Kier alpha value is -2.67. The third-order valence-corrected chi connectivity index (χ3v) is 6.69. The number of nitrogens with zero attached hydrogens (tertiary/aromatic N) is 1. The molecule has 1 amide bonds. The number of sulfone groups is 1. The number of benzene rings is 2. The molecule has 6 nitrogen and oxygen atoms in total. The van der Waals surface area contributed by atoms with Crippen LogP contribution in [0, 0.1) is 0 Å². The lowest BCUT2D eigenvalue weighted by Gasteiger charge is -2.20. The summed E-state index contributed by atoms with van der Waals surface area (Å²) in [6, 6.07) is 15.4. The van der Waals surface area contributed by atoms with E-state index in [0.717, 1.165) is 5.56 Å². The van der Waals surface area contributed by atoms with Crippen LogP contribution in [0.2, 0.25) is 0 Å². The summed E-state index contributed by atoms with van der Waals surface area (Å²) >= 11 is 0. The van der Waals surface area contributed by atoms with E-state index in [1.165, 1.54) is 6.92 Å². The van der Waals surface area contributed by atoms with Crippen molar-refractivity contribution in [1.29, 1.82) is 0 Å².